The Labute approximate surface area is 76.7 Å². The van der Waals surface area contributed by atoms with Gasteiger partial charge in [-0.3, -0.25) is 9.59 Å². The number of carbonyl (C=O) groups excluding carboxylic acids is 2. The molecular formula is C8H12N3O2. The van der Waals surface area contributed by atoms with Crippen LogP contribution in [0.3, 0.4) is 0 Å². The molecule has 1 N–H and O–H groups in total. The van der Waals surface area contributed by atoms with Crippen LogP contribution >= 0.6 is 0 Å². The van der Waals surface area contributed by atoms with Crippen molar-refractivity contribution in [1.82, 2.24) is 5.32 Å². The van der Waals surface area contributed by atoms with E-state index in [1.165, 1.54) is 0 Å². The number of rotatable bonds is 6. The molecule has 1 amide bonds. The zero-order valence-corrected chi connectivity index (χ0v) is 7.49. The average molecular weight is 182 g/mol. The number of nitrogens with zero attached hydrogens (tertiary/aromatic N) is 2. The molecule has 1 atom stereocenters. The summed E-state index contributed by atoms with van der Waals surface area (Å²) in [6, 6.07) is -0.606. The predicted molar refractivity (Wildman–Crippen MR) is 46.8 cm³/mol. The Morgan fingerprint density at radius 3 is 2.92 bits per heavy atom. The van der Waals surface area contributed by atoms with Crippen LogP contribution < -0.4 is 5.32 Å². The molecule has 0 saturated heterocycles. The van der Waals surface area contributed by atoms with E-state index >= 15 is 0 Å². The lowest BCUT2D eigenvalue weighted by atomic mass is 10.1. The van der Waals surface area contributed by atoms with Crippen molar-refractivity contribution in [2.45, 2.75) is 32.2 Å². The maximum atomic E-state index is 10.8. The molecule has 5 heteroatoms. The number of amides is 1. The van der Waals surface area contributed by atoms with E-state index in [4.69, 9.17) is 5.53 Å². The molecule has 5 nitrogen and oxygen atoms in total. The van der Waals surface area contributed by atoms with Crippen LogP contribution in [0.5, 0.6) is 0 Å². The first-order valence-electron chi connectivity index (χ1n) is 4.10. The van der Waals surface area contributed by atoms with E-state index in [-0.39, 0.29) is 0 Å². The Hall–Kier alpha value is -1.48. The third-order valence-corrected chi connectivity index (χ3v) is 1.48. The minimum Gasteiger partial charge on any atom is -0.361 e. The summed E-state index contributed by atoms with van der Waals surface area (Å²) in [5.41, 5.74) is 8.01. The van der Waals surface area contributed by atoms with Crippen molar-refractivity contribution in [1.29, 1.82) is 0 Å². The summed E-state index contributed by atoms with van der Waals surface area (Å²) in [5.74, 6) is -0.591. The lowest BCUT2D eigenvalue weighted by Crippen LogP contribution is -2.36. The van der Waals surface area contributed by atoms with Crippen molar-refractivity contribution in [3.8, 4) is 0 Å². The van der Waals surface area contributed by atoms with Crippen LogP contribution in [0.1, 0.15) is 26.2 Å². The Balaban J connectivity index is 3.89. The van der Waals surface area contributed by atoms with Crippen LogP contribution in [-0.4, -0.2) is 29.2 Å². The van der Waals surface area contributed by atoms with Gasteiger partial charge in [0.15, 0.2) is 0 Å². The summed E-state index contributed by atoms with van der Waals surface area (Å²) >= 11 is 0. The number of hydrogen-bond donors (Lipinski definition) is 1. The van der Waals surface area contributed by atoms with Crippen molar-refractivity contribution in [2.24, 2.45) is 0 Å². The van der Waals surface area contributed by atoms with E-state index < -0.39 is 11.9 Å². The summed E-state index contributed by atoms with van der Waals surface area (Å²) in [6.45, 7) is 1.98. The van der Waals surface area contributed by atoms with Gasteiger partial charge < -0.3 is 10.8 Å². The SMILES string of the molecule is CCCC[C@@H]([C]=O)NC(=O)C=[N+]=[N-]. The van der Waals surface area contributed by atoms with E-state index in [0.717, 1.165) is 12.8 Å². The molecule has 0 bridgehead atoms. The van der Waals surface area contributed by atoms with Crippen LogP contribution in [0.2, 0.25) is 0 Å². The Bertz CT molecular complexity index is 221. The Morgan fingerprint density at radius 2 is 2.46 bits per heavy atom. The Kier molecular flexibility index (Phi) is 6.37. The summed E-state index contributed by atoms with van der Waals surface area (Å²) < 4.78 is 0. The van der Waals surface area contributed by atoms with Gasteiger partial charge in [0.1, 0.15) is 0 Å². The van der Waals surface area contributed by atoms with Crippen molar-refractivity contribution < 1.29 is 14.4 Å². The van der Waals surface area contributed by atoms with Crippen LogP contribution in [0.4, 0.5) is 0 Å². The molecule has 0 saturated carbocycles. The quantitative estimate of drug-likeness (QED) is 0.358. The second-order valence-electron chi connectivity index (χ2n) is 2.57. The first-order chi connectivity index (χ1) is 6.24. The maximum absolute atomic E-state index is 10.8. The third kappa shape index (κ3) is 5.75. The van der Waals surface area contributed by atoms with Crippen molar-refractivity contribution in [2.75, 3.05) is 0 Å². The molecule has 0 aliphatic carbocycles. The van der Waals surface area contributed by atoms with E-state index in [0.29, 0.717) is 12.6 Å². The van der Waals surface area contributed by atoms with E-state index in [9.17, 15) is 9.59 Å². The molecule has 0 rings (SSSR count). The standard InChI is InChI=1S/C8H12N3O2/c1-2-3-4-7(6-12)11-8(13)5-10-9/h5,7H,2-4H2,1H3,(H,11,13)/t7-/m0/s1. The first-order valence-corrected chi connectivity index (χ1v) is 4.10. The molecular weight excluding hydrogens is 170 g/mol. The fraction of sp³-hybridized carbons (Fsp3) is 0.625. The highest BCUT2D eigenvalue weighted by Gasteiger charge is 2.11. The molecule has 0 aromatic heterocycles. The van der Waals surface area contributed by atoms with Crippen LogP contribution in [0.25, 0.3) is 5.53 Å². The molecule has 13 heavy (non-hydrogen) atoms. The average Bonchev–Trinajstić information content (AvgIpc) is 2.12. The van der Waals surface area contributed by atoms with Gasteiger partial charge in [-0.15, -0.1) is 0 Å². The minimum absolute atomic E-state index is 0.561. The molecule has 1 radical (unpaired) electrons. The zero-order chi connectivity index (χ0) is 10.1. The fourth-order valence-electron chi connectivity index (χ4n) is 0.830. The van der Waals surface area contributed by atoms with Gasteiger partial charge in [-0.25, -0.2) is 0 Å². The largest absolute Gasteiger partial charge is 0.361 e. The van der Waals surface area contributed by atoms with Crippen LogP contribution in [0.15, 0.2) is 0 Å². The van der Waals surface area contributed by atoms with Gasteiger partial charge in [-0.05, 0) is 6.42 Å². The van der Waals surface area contributed by atoms with Gasteiger partial charge in [-0.2, -0.15) is 4.79 Å². The Morgan fingerprint density at radius 1 is 1.77 bits per heavy atom. The monoisotopic (exact) mass is 182 g/mol. The third-order valence-electron chi connectivity index (χ3n) is 1.48. The fourth-order valence-corrected chi connectivity index (χ4v) is 0.830. The molecule has 0 aliphatic rings. The van der Waals surface area contributed by atoms with Crippen LogP contribution in [0, 0.1) is 0 Å². The highest BCUT2D eigenvalue weighted by atomic mass is 16.2. The van der Waals surface area contributed by atoms with Crippen molar-refractivity contribution in [3.05, 3.63) is 5.53 Å². The van der Waals surface area contributed by atoms with Crippen molar-refractivity contribution in [3.63, 3.8) is 0 Å². The zero-order valence-electron chi connectivity index (χ0n) is 7.49. The van der Waals surface area contributed by atoms with Gasteiger partial charge in [-0.1, -0.05) is 19.8 Å². The molecule has 0 aliphatic heterocycles. The number of carbonyl (C=O) groups is 1. The van der Waals surface area contributed by atoms with Gasteiger partial charge in [0, 0.05) is 0 Å². The van der Waals surface area contributed by atoms with Crippen molar-refractivity contribution >= 4 is 18.4 Å². The highest BCUT2D eigenvalue weighted by Crippen LogP contribution is 1.97. The van der Waals surface area contributed by atoms with Gasteiger partial charge in [0.05, 0.1) is 6.04 Å². The molecule has 0 spiro atoms. The second-order valence-corrected chi connectivity index (χ2v) is 2.57. The molecule has 0 fully saturated rings. The van der Waals surface area contributed by atoms with E-state index in [1.807, 2.05) is 6.92 Å². The number of nitrogens with one attached hydrogen (secondary N) is 1. The number of unbranched alkanes of at least 4 members (excludes halogenated alkanes) is 1. The summed E-state index contributed by atoms with van der Waals surface area (Å²) in [6.07, 6.45) is 4.76. The van der Waals surface area contributed by atoms with Crippen LogP contribution in [-0.2, 0) is 9.59 Å². The smallest absolute Gasteiger partial charge is 0.344 e. The summed E-state index contributed by atoms with van der Waals surface area (Å²) in [4.78, 5) is 23.6. The summed E-state index contributed by atoms with van der Waals surface area (Å²) in [7, 11) is 0. The predicted octanol–water partition coefficient (Wildman–Crippen LogP) is 0.0717. The van der Waals surface area contributed by atoms with E-state index in [1.54, 1.807) is 6.29 Å². The molecule has 0 unspecified atom stereocenters. The number of hydrogen-bond acceptors (Lipinski definition) is 2. The molecule has 71 valence electrons. The van der Waals surface area contributed by atoms with Gasteiger partial charge in [0.2, 0.25) is 6.29 Å². The summed E-state index contributed by atoms with van der Waals surface area (Å²) in [5, 5.41) is 2.33. The lowest BCUT2D eigenvalue weighted by molar-refractivity contribution is -0.118. The minimum atomic E-state index is -0.606. The molecule has 0 aromatic rings. The van der Waals surface area contributed by atoms with Gasteiger partial charge in [0.25, 0.3) is 0 Å². The molecule has 0 heterocycles. The maximum Gasteiger partial charge on any atom is 0.344 e. The normalized spacial score (nSPS) is 11.2. The van der Waals surface area contributed by atoms with Gasteiger partial charge >= 0.3 is 12.1 Å². The highest BCUT2D eigenvalue weighted by molar-refractivity contribution is 6.24. The topological polar surface area (TPSA) is 82.6 Å². The molecule has 0 aromatic carbocycles. The lowest BCUT2D eigenvalue weighted by Gasteiger charge is -2.06. The second kappa shape index (κ2) is 7.18. The van der Waals surface area contributed by atoms with E-state index in [2.05, 4.69) is 10.1 Å². The first kappa shape index (κ1) is 11.5.